The van der Waals surface area contributed by atoms with Gasteiger partial charge in [0, 0.05) is 44.0 Å². The van der Waals surface area contributed by atoms with Gasteiger partial charge in [0.2, 0.25) is 0 Å². The first-order valence-corrected chi connectivity index (χ1v) is 8.74. The summed E-state index contributed by atoms with van der Waals surface area (Å²) in [5.41, 5.74) is 1.91. The molecule has 1 N–H and O–H groups in total. The Bertz CT molecular complexity index is 728. The van der Waals surface area contributed by atoms with Crippen LogP contribution in [0.4, 0.5) is 10.5 Å². The van der Waals surface area contributed by atoms with Crippen LogP contribution in [-0.4, -0.2) is 56.2 Å². The van der Waals surface area contributed by atoms with Crippen LogP contribution < -0.4 is 14.8 Å². The van der Waals surface area contributed by atoms with Crippen molar-refractivity contribution in [1.82, 2.24) is 9.80 Å². The van der Waals surface area contributed by atoms with Crippen LogP contribution in [0, 0.1) is 0 Å². The molecule has 3 rings (SSSR count). The Morgan fingerprint density at radius 3 is 2.38 bits per heavy atom. The molecule has 0 spiro atoms. The van der Waals surface area contributed by atoms with Gasteiger partial charge in [0.05, 0.1) is 14.2 Å². The van der Waals surface area contributed by atoms with Gasteiger partial charge in [0.25, 0.3) is 0 Å². The minimum absolute atomic E-state index is 0.0465. The molecule has 1 aliphatic heterocycles. The molecule has 0 aromatic heterocycles. The predicted molar refractivity (Wildman–Crippen MR) is 102 cm³/mol. The van der Waals surface area contributed by atoms with E-state index in [0.29, 0.717) is 13.1 Å². The minimum Gasteiger partial charge on any atom is -0.497 e. The van der Waals surface area contributed by atoms with E-state index in [0.717, 1.165) is 42.4 Å². The molecule has 6 heteroatoms. The number of carbonyl (C=O) groups excluding carboxylic acids is 1. The van der Waals surface area contributed by atoms with Gasteiger partial charge in [-0.05, 0) is 30.3 Å². The molecule has 138 valence electrons. The first kappa shape index (κ1) is 18.1. The number of amides is 2. The van der Waals surface area contributed by atoms with Gasteiger partial charge < -0.3 is 19.7 Å². The number of hydrogen-bond donors (Lipinski definition) is 1. The number of methoxy groups -OCH3 is 2. The summed E-state index contributed by atoms with van der Waals surface area (Å²) in [6.45, 7) is 3.82. The lowest BCUT2D eigenvalue weighted by molar-refractivity contribution is 0.142. The molecule has 0 atom stereocenters. The summed E-state index contributed by atoms with van der Waals surface area (Å²) in [5.74, 6) is 1.68. The van der Waals surface area contributed by atoms with E-state index in [-0.39, 0.29) is 6.03 Å². The highest BCUT2D eigenvalue weighted by atomic mass is 16.5. The molecule has 2 aromatic rings. The van der Waals surface area contributed by atoms with E-state index in [1.54, 1.807) is 14.2 Å². The molecule has 1 heterocycles. The van der Waals surface area contributed by atoms with Crippen LogP contribution in [0.5, 0.6) is 11.5 Å². The van der Waals surface area contributed by atoms with Crippen molar-refractivity contribution in [3.05, 3.63) is 54.1 Å². The molecule has 6 nitrogen and oxygen atoms in total. The summed E-state index contributed by atoms with van der Waals surface area (Å²) in [4.78, 5) is 16.6. The van der Waals surface area contributed by atoms with Gasteiger partial charge in [-0.3, -0.25) is 4.90 Å². The van der Waals surface area contributed by atoms with Crippen LogP contribution in [-0.2, 0) is 6.54 Å². The van der Waals surface area contributed by atoms with E-state index < -0.39 is 0 Å². The third kappa shape index (κ3) is 4.46. The lowest BCUT2D eigenvalue weighted by Crippen LogP contribution is -2.49. The number of nitrogens with one attached hydrogen (secondary N) is 1. The molecular formula is C20H25N3O3. The topological polar surface area (TPSA) is 54.0 Å². The number of carbonyl (C=O) groups is 1. The van der Waals surface area contributed by atoms with Crippen molar-refractivity contribution in [2.24, 2.45) is 0 Å². The summed E-state index contributed by atoms with van der Waals surface area (Å²) >= 11 is 0. The first-order chi connectivity index (χ1) is 12.7. The Balaban J connectivity index is 1.55. The Hall–Kier alpha value is -2.73. The Morgan fingerprint density at radius 2 is 1.73 bits per heavy atom. The van der Waals surface area contributed by atoms with Gasteiger partial charge in [-0.15, -0.1) is 0 Å². The van der Waals surface area contributed by atoms with E-state index >= 15 is 0 Å². The standard InChI is InChI=1S/C20H25N3O3/c1-25-18-8-9-19(26-2)16(14-18)15-22-10-12-23(13-11-22)20(24)21-17-6-4-3-5-7-17/h3-9,14H,10-13,15H2,1-2H3,(H,21,24). The smallest absolute Gasteiger partial charge is 0.321 e. The average Bonchev–Trinajstić information content (AvgIpc) is 2.69. The van der Waals surface area contributed by atoms with Gasteiger partial charge in [0.15, 0.2) is 0 Å². The zero-order chi connectivity index (χ0) is 18.4. The third-order valence-corrected chi connectivity index (χ3v) is 4.57. The maximum absolute atomic E-state index is 12.4. The maximum atomic E-state index is 12.4. The molecular weight excluding hydrogens is 330 g/mol. The molecule has 0 aliphatic carbocycles. The summed E-state index contributed by atoms with van der Waals surface area (Å²) in [6, 6.07) is 15.3. The number of benzene rings is 2. The number of hydrogen-bond acceptors (Lipinski definition) is 4. The fraction of sp³-hybridized carbons (Fsp3) is 0.350. The highest BCUT2D eigenvalue weighted by molar-refractivity contribution is 5.89. The molecule has 1 saturated heterocycles. The Morgan fingerprint density at radius 1 is 1.00 bits per heavy atom. The van der Waals surface area contributed by atoms with Crippen molar-refractivity contribution in [2.45, 2.75) is 6.54 Å². The quantitative estimate of drug-likeness (QED) is 0.896. The second kappa shape index (κ2) is 8.58. The summed E-state index contributed by atoms with van der Waals surface area (Å²) < 4.78 is 10.8. The normalized spacial score (nSPS) is 14.8. The van der Waals surface area contributed by atoms with E-state index in [4.69, 9.17) is 9.47 Å². The zero-order valence-electron chi connectivity index (χ0n) is 15.3. The number of anilines is 1. The van der Waals surface area contributed by atoms with Crippen LogP contribution in [0.1, 0.15) is 5.56 Å². The van der Waals surface area contributed by atoms with E-state index in [9.17, 15) is 4.79 Å². The number of piperazine rings is 1. The summed E-state index contributed by atoms with van der Waals surface area (Å²) in [6.07, 6.45) is 0. The Labute approximate surface area is 154 Å². The monoisotopic (exact) mass is 355 g/mol. The lowest BCUT2D eigenvalue weighted by Gasteiger charge is -2.35. The van der Waals surface area contributed by atoms with Crippen molar-refractivity contribution in [1.29, 1.82) is 0 Å². The molecule has 1 fully saturated rings. The van der Waals surface area contributed by atoms with Gasteiger partial charge in [-0.1, -0.05) is 18.2 Å². The van der Waals surface area contributed by atoms with Crippen molar-refractivity contribution >= 4 is 11.7 Å². The number of ether oxygens (including phenoxy) is 2. The van der Waals surface area contributed by atoms with E-state index in [1.807, 2.05) is 53.4 Å². The molecule has 0 radical (unpaired) electrons. The number of nitrogens with zero attached hydrogens (tertiary/aromatic N) is 2. The van der Waals surface area contributed by atoms with Gasteiger partial charge in [0.1, 0.15) is 11.5 Å². The second-order valence-electron chi connectivity index (χ2n) is 6.24. The Kier molecular flexibility index (Phi) is 5.96. The molecule has 2 amide bonds. The van der Waals surface area contributed by atoms with Gasteiger partial charge in [-0.25, -0.2) is 4.79 Å². The van der Waals surface area contributed by atoms with Crippen LogP contribution in [0.15, 0.2) is 48.5 Å². The summed E-state index contributed by atoms with van der Waals surface area (Å²) in [5, 5.41) is 2.94. The number of urea groups is 1. The fourth-order valence-electron chi connectivity index (χ4n) is 3.08. The highest BCUT2D eigenvalue weighted by Gasteiger charge is 2.22. The van der Waals surface area contributed by atoms with Crippen LogP contribution in [0.3, 0.4) is 0 Å². The van der Waals surface area contributed by atoms with Crippen molar-refractivity contribution in [2.75, 3.05) is 45.7 Å². The van der Waals surface area contributed by atoms with Gasteiger partial charge >= 0.3 is 6.03 Å². The lowest BCUT2D eigenvalue weighted by atomic mass is 10.1. The number of para-hydroxylation sites is 1. The fourth-order valence-corrected chi connectivity index (χ4v) is 3.08. The zero-order valence-corrected chi connectivity index (χ0v) is 15.3. The molecule has 2 aromatic carbocycles. The first-order valence-electron chi connectivity index (χ1n) is 8.74. The van der Waals surface area contributed by atoms with Gasteiger partial charge in [-0.2, -0.15) is 0 Å². The molecule has 26 heavy (non-hydrogen) atoms. The summed E-state index contributed by atoms with van der Waals surface area (Å²) in [7, 11) is 3.34. The van der Waals surface area contributed by atoms with Crippen LogP contribution >= 0.6 is 0 Å². The highest BCUT2D eigenvalue weighted by Crippen LogP contribution is 2.25. The molecule has 1 aliphatic rings. The molecule has 0 bridgehead atoms. The van der Waals surface area contributed by atoms with Crippen LogP contribution in [0.2, 0.25) is 0 Å². The third-order valence-electron chi connectivity index (χ3n) is 4.57. The SMILES string of the molecule is COc1ccc(OC)c(CN2CCN(C(=O)Nc3ccccc3)CC2)c1. The molecule has 0 saturated carbocycles. The number of rotatable bonds is 5. The van der Waals surface area contributed by atoms with E-state index in [1.165, 1.54) is 0 Å². The van der Waals surface area contributed by atoms with Crippen molar-refractivity contribution < 1.29 is 14.3 Å². The van der Waals surface area contributed by atoms with Crippen molar-refractivity contribution in [3.63, 3.8) is 0 Å². The molecule has 0 unspecified atom stereocenters. The van der Waals surface area contributed by atoms with Crippen LogP contribution in [0.25, 0.3) is 0 Å². The second-order valence-corrected chi connectivity index (χ2v) is 6.24. The average molecular weight is 355 g/mol. The minimum atomic E-state index is -0.0465. The van der Waals surface area contributed by atoms with E-state index in [2.05, 4.69) is 10.2 Å². The largest absolute Gasteiger partial charge is 0.497 e. The predicted octanol–water partition coefficient (Wildman–Crippen LogP) is 3.05. The maximum Gasteiger partial charge on any atom is 0.321 e. The van der Waals surface area contributed by atoms with Crippen molar-refractivity contribution in [3.8, 4) is 11.5 Å².